The summed E-state index contributed by atoms with van der Waals surface area (Å²) < 4.78 is 15.8. The van der Waals surface area contributed by atoms with Crippen molar-refractivity contribution in [3.8, 4) is 0 Å². The van der Waals surface area contributed by atoms with E-state index in [0.29, 0.717) is 14.9 Å². The first-order valence-electron chi connectivity index (χ1n) is 5.55. The van der Waals surface area contributed by atoms with Gasteiger partial charge in [-0.25, -0.2) is 4.39 Å². The quantitative estimate of drug-likeness (QED) is 0.654. The predicted molar refractivity (Wildman–Crippen MR) is 79.4 cm³/mol. The Morgan fingerprint density at radius 1 is 1.44 bits per heavy atom. The highest BCUT2D eigenvalue weighted by molar-refractivity contribution is 14.1. The first-order chi connectivity index (χ1) is 8.51. The van der Waals surface area contributed by atoms with Gasteiger partial charge >= 0.3 is 0 Å². The second kappa shape index (κ2) is 5.13. The number of nitrogens with zero attached hydrogens (tertiary/aromatic N) is 2. The third-order valence-corrected chi connectivity index (χ3v) is 3.43. The Morgan fingerprint density at radius 2 is 2.17 bits per heavy atom. The first kappa shape index (κ1) is 13.1. The number of hydrogen-bond donors (Lipinski definition) is 2. The summed E-state index contributed by atoms with van der Waals surface area (Å²) in [5.41, 5.74) is 8.74. The molecule has 3 N–H and O–H groups in total. The Morgan fingerprint density at radius 3 is 2.83 bits per heavy atom. The van der Waals surface area contributed by atoms with Crippen molar-refractivity contribution in [2.75, 3.05) is 11.1 Å². The van der Waals surface area contributed by atoms with Crippen LogP contribution in [0.15, 0.2) is 18.3 Å². The van der Waals surface area contributed by atoms with Crippen molar-refractivity contribution in [3.63, 3.8) is 0 Å². The molecule has 6 heteroatoms. The van der Waals surface area contributed by atoms with Crippen LogP contribution in [0.25, 0.3) is 0 Å². The van der Waals surface area contributed by atoms with E-state index in [1.54, 1.807) is 10.7 Å². The number of rotatable bonds is 3. The molecule has 18 heavy (non-hydrogen) atoms. The van der Waals surface area contributed by atoms with Crippen molar-refractivity contribution >= 4 is 39.7 Å². The van der Waals surface area contributed by atoms with Crippen molar-refractivity contribution in [3.05, 3.63) is 33.4 Å². The molecule has 1 aromatic heterocycles. The maximum absolute atomic E-state index is 13.5. The summed E-state index contributed by atoms with van der Waals surface area (Å²) in [5.74, 6) is -0.283. The van der Waals surface area contributed by atoms with Gasteiger partial charge in [-0.05, 0) is 35.1 Å². The van der Waals surface area contributed by atoms with Gasteiger partial charge in [-0.3, -0.25) is 4.68 Å². The van der Waals surface area contributed by atoms with Crippen LogP contribution in [-0.2, 0) is 13.5 Å². The highest BCUT2D eigenvalue weighted by Crippen LogP contribution is 2.28. The maximum atomic E-state index is 13.5. The molecule has 1 aromatic carbocycles. The van der Waals surface area contributed by atoms with Crippen molar-refractivity contribution in [2.45, 2.75) is 13.3 Å². The lowest BCUT2D eigenvalue weighted by molar-refractivity contribution is 0.621. The van der Waals surface area contributed by atoms with Gasteiger partial charge in [-0.2, -0.15) is 5.10 Å². The molecule has 0 saturated carbocycles. The predicted octanol–water partition coefficient (Wildman–Crippen LogP) is 3.05. The van der Waals surface area contributed by atoms with E-state index >= 15 is 0 Å². The van der Waals surface area contributed by atoms with Gasteiger partial charge in [0.25, 0.3) is 0 Å². The molecule has 96 valence electrons. The van der Waals surface area contributed by atoms with E-state index in [2.05, 4.69) is 10.4 Å². The molecule has 0 unspecified atom stereocenters. The normalized spacial score (nSPS) is 10.7. The fourth-order valence-electron chi connectivity index (χ4n) is 1.72. The highest BCUT2D eigenvalue weighted by atomic mass is 127. The van der Waals surface area contributed by atoms with Crippen molar-refractivity contribution in [1.82, 2.24) is 9.78 Å². The van der Waals surface area contributed by atoms with Gasteiger partial charge in [-0.1, -0.05) is 6.92 Å². The summed E-state index contributed by atoms with van der Waals surface area (Å²) in [7, 11) is 1.85. The molecule has 0 aliphatic rings. The molecule has 0 bridgehead atoms. The molecule has 0 radical (unpaired) electrons. The molecular formula is C12H14FIN4. The smallest absolute Gasteiger partial charge is 0.138 e. The van der Waals surface area contributed by atoms with Crippen molar-refractivity contribution < 1.29 is 4.39 Å². The lowest BCUT2D eigenvalue weighted by Crippen LogP contribution is -1.99. The first-order valence-corrected chi connectivity index (χ1v) is 6.63. The molecule has 0 saturated heterocycles. The van der Waals surface area contributed by atoms with Gasteiger partial charge in [0, 0.05) is 19.3 Å². The summed E-state index contributed by atoms with van der Waals surface area (Å²) >= 11 is 1.92. The summed E-state index contributed by atoms with van der Waals surface area (Å²) in [6.45, 7) is 2.02. The van der Waals surface area contributed by atoms with Crippen LogP contribution in [0.3, 0.4) is 0 Å². The average Bonchev–Trinajstić information content (AvgIpc) is 2.66. The Hall–Kier alpha value is -1.31. The van der Waals surface area contributed by atoms with Crippen LogP contribution in [0.4, 0.5) is 21.5 Å². The lowest BCUT2D eigenvalue weighted by Gasteiger charge is -2.09. The van der Waals surface area contributed by atoms with E-state index in [9.17, 15) is 4.39 Å². The minimum absolute atomic E-state index is 0.283. The summed E-state index contributed by atoms with van der Waals surface area (Å²) in [4.78, 5) is 0. The minimum Gasteiger partial charge on any atom is -0.397 e. The van der Waals surface area contributed by atoms with Gasteiger partial charge in [-0.15, -0.1) is 0 Å². The van der Waals surface area contributed by atoms with E-state index in [4.69, 9.17) is 5.73 Å². The van der Waals surface area contributed by atoms with Crippen molar-refractivity contribution in [1.29, 1.82) is 0 Å². The van der Waals surface area contributed by atoms with Crippen LogP contribution in [0.2, 0.25) is 0 Å². The van der Waals surface area contributed by atoms with E-state index < -0.39 is 0 Å². The van der Waals surface area contributed by atoms with E-state index in [-0.39, 0.29) is 5.82 Å². The number of aryl methyl sites for hydroxylation is 2. The molecule has 0 fully saturated rings. The molecule has 0 aliphatic carbocycles. The Bertz CT molecular complexity index is 580. The number of nitrogens with one attached hydrogen (secondary N) is 1. The molecular weight excluding hydrogens is 346 g/mol. The lowest BCUT2D eigenvalue weighted by atomic mass is 10.2. The SMILES string of the molecule is CCc1nn(C)cc1Nc1cc(F)c(I)cc1N. The van der Waals surface area contributed by atoms with Gasteiger partial charge in [0.2, 0.25) is 0 Å². The van der Waals surface area contributed by atoms with Gasteiger partial charge in [0.1, 0.15) is 5.82 Å². The standard InChI is InChI=1S/C12H14FIN4/c1-3-10-12(6-18(2)17-10)16-11-4-7(13)8(14)5-9(11)15/h4-6,16H,3,15H2,1-2H3. The van der Waals surface area contributed by atoms with Crippen LogP contribution in [-0.4, -0.2) is 9.78 Å². The number of hydrogen-bond acceptors (Lipinski definition) is 3. The summed E-state index contributed by atoms with van der Waals surface area (Å²) in [6.07, 6.45) is 2.66. The zero-order chi connectivity index (χ0) is 13.3. The van der Waals surface area contributed by atoms with E-state index in [1.807, 2.05) is 42.8 Å². The number of nitrogen functional groups attached to an aromatic ring is 1. The second-order valence-electron chi connectivity index (χ2n) is 4.00. The average molecular weight is 360 g/mol. The molecule has 2 aromatic rings. The fraction of sp³-hybridized carbons (Fsp3) is 0.250. The zero-order valence-electron chi connectivity index (χ0n) is 10.2. The van der Waals surface area contributed by atoms with E-state index in [0.717, 1.165) is 17.8 Å². The Kier molecular flexibility index (Phi) is 3.74. The van der Waals surface area contributed by atoms with Crippen LogP contribution < -0.4 is 11.1 Å². The largest absolute Gasteiger partial charge is 0.397 e. The molecule has 2 rings (SSSR count). The van der Waals surface area contributed by atoms with Crippen LogP contribution >= 0.6 is 22.6 Å². The van der Waals surface area contributed by atoms with Crippen LogP contribution in [0, 0.1) is 9.39 Å². The summed E-state index contributed by atoms with van der Waals surface area (Å²) in [6, 6.07) is 3.02. The van der Waals surface area contributed by atoms with E-state index in [1.165, 1.54) is 6.07 Å². The number of nitrogens with two attached hydrogens (primary N) is 1. The Balaban J connectivity index is 2.36. The maximum Gasteiger partial charge on any atom is 0.138 e. The van der Waals surface area contributed by atoms with Gasteiger partial charge < -0.3 is 11.1 Å². The number of anilines is 3. The highest BCUT2D eigenvalue weighted by Gasteiger charge is 2.10. The van der Waals surface area contributed by atoms with Crippen molar-refractivity contribution in [2.24, 2.45) is 7.05 Å². The zero-order valence-corrected chi connectivity index (χ0v) is 12.3. The fourth-order valence-corrected chi connectivity index (χ4v) is 2.21. The number of halogens is 2. The topological polar surface area (TPSA) is 55.9 Å². The third kappa shape index (κ3) is 2.58. The Labute approximate surface area is 119 Å². The van der Waals surface area contributed by atoms with Gasteiger partial charge in [0.05, 0.1) is 26.3 Å². The molecule has 4 nitrogen and oxygen atoms in total. The third-order valence-electron chi connectivity index (χ3n) is 2.60. The molecule has 0 amide bonds. The van der Waals surface area contributed by atoms with Crippen LogP contribution in [0.1, 0.15) is 12.6 Å². The summed E-state index contributed by atoms with van der Waals surface area (Å²) in [5, 5.41) is 7.44. The monoisotopic (exact) mass is 360 g/mol. The molecule has 1 heterocycles. The number of benzene rings is 1. The van der Waals surface area contributed by atoms with Crippen LogP contribution in [0.5, 0.6) is 0 Å². The minimum atomic E-state index is -0.283. The van der Waals surface area contributed by atoms with Gasteiger partial charge in [0.15, 0.2) is 0 Å². The second-order valence-corrected chi connectivity index (χ2v) is 5.16. The molecule has 0 spiro atoms. The molecule has 0 aliphatic heterocycles. The molecule has 0 atom stereocenters. The number of aromatic nitrogens is 2.